The van der Waals surface area contributed by atoms with Crippen LogP contribution in [0.1, 0.15) is 0 Å². The van der Waals surface area contributed by atoms with E-state index in [1.54, 1.807) is 6.20 Å². The predicted molar refractivity (Wildman–Crippen MR) is 45.7 cm³/mol. The molecule has 0 aromatic heterocycles. The maximum absolute atomic E-state index is 10.1. The van der Waals surface area contributed by atoms with E-state index in [-0.39, 0.29) is 0 Å². The number of rotatable bonds is 2. The summed E-state index contributed by atoms with van der Waals surface area (Å²) in [5.74, 6) is 1.33. The van der Waals surface area contributed by atoms with E-state index in [1.165, 1.54) is 6.08 Å². The van der Waals surface area contributed by atoms with Crippen molar-refractivity contribution in [2.75, 3.05) is 24.6 Å². The SMILES string of the molecule is O=C(O)C=CN1CCSCC1. The summed E-state index contributed by atoms with van der Waals surface area (Å²) >= 11 is 1.91. The quantitative estimate of drug-likeness (QED) is 0.622. The minimum absolute atomic E-state index is 0.872. The molecule has 1 heterocycles. The predicted octanol–water partition coefficient (Wildman–Crippen LogP) is 0.633. The fourth-order valence-corrected chi connectivity index (χ4v) is 1.83. The van der Waals surface area contributed by atoms with Crippen LogP contribution in [-0.4, -0.2) is 40.6 Å². The molecule has 4 heteroatoms. The van der Waals surface area contributed by atoms with Gasteiger partial charge in [0.1, 0.15) is 0 Å². The lowest BCUT2D eigenvalue weighted by Gasteiger charge is -2.24. The van der Waals surface area contributed by atoms with Crippen molar-refractivity contribution < 1.29 is 9.90 Å². The molecule has 1 aliphatic heterocycles. The van der Waals surface area contributed by atoms with Gasteiger partial charge in [0.2, 0.25) is 0 Å². The summed E-state index contributed by atoms with van der Waals surface area (Å²) in [5.41, 5.74) is 0. The first-order valence-electron chi connectivity index (χ1n) is 3.52. The van der Waals surface area contributed by atoms with Crippen LogP contribution in [0.25, 0.3) is 0 Å². The Balaban J connectivity index is 2.29. The van der Waals surface area contributed by atoms with Gasteiger partial charge in [0.05, 0.1) is 0 Å². The van der Waals surface area contributed by atoms with Crippen molar-refractivity contribution in [2.24, 2.45) is 0 Å². The van der Waals surface area contributed by atoms with Crippen molar-refractivity contribution in [2.45, 2.75) is 0 Å². The summed E-state index contributed by atoms with van der Waals surface area (Å²) in [6, 6.07) is 0. The molecule has 62 valence electrons. The topological polar surface area (TPSA) is 40.5 Å². The van der Waals surface area contributed by atoms with Gasteiger partial charge in [-0.25, -0.2) is 4.79 Å². The number of carboxylic acids is 1. The minimum Gasteiger partial charge on any atom is -0.478 e. The second kappa shape index (κ2) is 4.28. The van der Waals surface area contributed by atoms with E-state index >= 15 is 0 Å². The molecule has 0 saturated carbocycles. The Morgan fingerprint density at radius 2 is 2.09 bits per heavy atom. The van der Waals surface area contributed by atoms with E-state index < -0.39 is 5.97 Å². The van der Waals surface area contributed by atoms with Crippen molar-refractivity contribution in [3.8, 4) is 0 Å². The third kappa shape index (κ3) is 3.32. The van der Waals surface area contributed by atoms with Crippen LogP contribution in [0.4, 0.5) is 0 Å². The molecular formula is C7H11NO2S. The number of hydrogen-bond acceptors (Lipinski definition) is 3. The third-order valence-electron chi connectivity index (χ3n) is 1.47. The average molecular weight is 173 g/mol. The maximum Gasteiger partial charge on any atom is 0.329 e. The second-order valence-corrected chi connectivity index (χ2v) is 3.53. The van der Waals surface area contributed by atoms with Gasteiger partial charge in [-0.15, -0.1) is 0 Å². The minimum atomic E-state index is -0.872. The number of nitrogens with zero attached hydrogens (tertiary/aromatic N) is 1. The molecule has 0 aromatic carbocycles. The van der Waals surface area contributed by atoms with Gasteiger partial charge in [-0.05, 0) is 0 Å². The fourth-order valence-electron chi connectivity index (χ4n) is 0.896. The summed E-state index contributed by atoms with van der Waals surface area (Å²) < 4.78 is 0. The first-order chi connectivity index (χ1) is 5.29. The number of hydrogen-bond donors (Lipinski definition) is 1. The standard InChI is InChI=1S/C7H11NO2S/c9-7(10)1-2-8-3-5-11-6-4-8/h1-2H,3-6H2,(H,9,10). The summed E-state index contributed by atoms with van der Waals surface area (Å²) in [4.78, 5) is 12.2. The Bertz CT molecular complexity index is 164. The Hall–Kier alpha value is -0.640. The van der Waals surface area contributed by atoms with Crippen LogP contribution in [0, 0.1) is 0 Å². The van der Waals surface area contributed by atoms with Crippen molar-refractivity contribution in [3.05, 3.63) is 12.3 Å². The highest BCUT2D eigenvalue weighted by molar-refractivity contribution is 7.99. The summed E-state index contributed by atoms with van der Waals surface area (Å²) in [6.07, 6.45) is 2.85. The van der Waals surface area contributed by atoms with Gasteiger partial charge in [0, 0.05) is 36.9 Å². The molecular weight excluding hydrogens is 162 g/mol. The van der Waals surface area contributed by atoms with Gasteiger partial charge in [-0.3, -0.25) is 0 Å². The normalized spacial score (nSPS) is 19.1. The van der Waals surface area contributed by atoms with Gasteiger partial charge in [0.25, 0.3) is 0 Å². The molecule has 0 spiro atoms. The molecule has 11 heavy (non-hydrogen) atoms. The molecule has 0 aliphatic carbocycles. The van der Waals surface area contributed by atoms with E-state index in [9.17, 15) is 4.79 Å². The molecule has 0 aromatic rings. The third-order valence-corrected chi connectivity index (χ3v) is 2.42. The summed E-state index contributed by atoms with van der Waals surface area (Å²) in [6.45, 7) is 1.93. The number of carbonyl (C=O) groups is 1. The van der Waals surface area contributed by atoms with Gasteiger partial charge >= 0.3 is 5.97 Å². The van der Waals surface area contributed by atoms with Crippen LogP contribution in [-0.2, 0) is 4.79 Å². The average Bonchev–Trinajstić information content (AvgIpc) is 2.03. The maximum atomic E-state index is 10.1. The molecule has 1 fully saturated rings. The number of carboxylic acid groups (broad SMARTS) is 1. The molecule has 0 amide bonds. The zero-order valence-corrected chi connectivity index (χ0v) is 7.01. The largest absolute Gasteiger partial charge is 0.478 e. The molecule has 3 nitrogen and oxygen atoms in total. The molecule has 1 aliphatic rings. The highest BCUT2D eigenvalue weighted by Gasteiger charge is 2.05. The van der Waals surface area contributed by atoms with E-state index in [4.69, 9.17) is 5.11 Å². The van der Waals surface area contributed by atoms with Crippen LogP contribution < -0.4 is 0 Å². The lowest BCUT2D eigenvalue weighted by atomic mass is 10.5. The van der Waals surface area contributed by atoms with E-state index in [0.717, 1.165) is 24.6 Å². The van der Waals surface area contributed by atoms with Crippen LogP contribution in [0.5, 0.6) is 0 Å². The number of thioether (sulfide) groups is 1. The highest BCUT2D eigenvalue weighted by Crippen LogP contribution is 2.08. The first kappa shape index (κ1) is 8.46. The van der Waals surface area contributed by atoms with Crippen LogP contribution >= 0.6 is 11.8 Å². The van der Waals surface area contributed by atoms with Crippen molar-refractivity contribution in [1.82, 2.24) is 4.90 Å². The summed E-state index contributed by atoms with van der Waals surface area (Å²) in [7, 11) is 0. The van der Waals surface area contributed by atoms with Crippen LogP contribution in [0.3, 0.4) is 0 Å². The Morgan fingerprint density at radius 3 is 2.64 bits per heavy atom. The zero-order valence-electron chi connectivity index (χ0n) is 6.19. The molecule has 0 atom stereocenters. The fraction of sp³-hybridized carbons (Fsp3) is 0.571. The van der Waals surface area contributed by atoms with Gasteiger partial charge in [-0.2, -0.15) is 11.8 Å². The molecule has 0 bridgehead atoms. The molecule has 1 saturated heterocycles. The monoisotopic (exact) mass is 173 g/mol. The van der Waals surface area contributed by atoms with Crippen LogP contribution in [0.15, 0.2) is 12.3 Å². The van der Waals surface area contributed by atoms with Crippen molar-refractivity contribution in [3.63, 3.8) is 0 Å². The lowest BCUT2D eigenvalue weighted by Crippen LogP contribution is -2.27. The van der Waals surface area contributed by atoms with Gasteiger partial charge in [-0.1, -0.05) is 0 Å². The lowest BCUT2D eigenvalue weighted by molar-refractivity contribution is -0.131. The molecule has 1 rings (SSSR count). The second-order valence-electron chi connectivity index (χ2n) is 2.30. The van der Waals surface area contributed by atoms with Crippen molar-refractivity contribution >= 4 is 17.7 Å². The van der Waals surface area contributed by atoms with Crippen molar-refractivity contribution in [1.29, 1.82) is 0 Å². The van der Waals surface area contributed by atoms with E-state index in [1.807, 2.05) is 16.7 Å². The first-order valence-corrected chi connectivity index (χ1v) is 4.67. The summed E-state index contributed by atoms with van der Waals surface area (Å²) in [5, 5.41) is 8.33. The van der Waals surface area contributed by atoms with E-state index in [2.05, 4.69) is 0 Å². The van der Waals surface area contributed by atoms with Gasteiger partial charge < -0.3 is 10.0 Å². The Morgan fingerprint density at radius 1 is 1.45 bits per heavy atom. The molecule has 0 unspecified atom stereocenters. The smallest absolute Gasteiger partial charge is 0.329 e. The molecule has 0 radical (unpaired) electrons. The van der Waals surface area contributed by atoms with Crippen LogP contribution in [0.2, 0.25) is 0 Å². The van der Waals surface area contributed by atoms with Gasteiger partial charge in [0.15, 0.2) is 0 Å². The number of aliphatic carboxylic acids is 1. The highest BCUT2D eigenvalue weighted by atomic mass is 32.2. The zero-order chi connectivity index (χ0) is 8.10. The van der Waals surface area contributed by atoms with E-state index in [0.29, 0.717) is 0 Å². The molecule has 1 N–H and O–H groups in total. The Kier molecular flexibility index (Phi) is 3.29. The Labute approximate surface area is 70.1 Å².